The number of carbonyl (C=O) groups excluding carboxylic acids is 1. The van der Waals surface area contributed by atoms with Gasteiger partial charge in [-0.1, -0.05) is 17.7 Å². The van der Waals surface area contributed by atoms with E-state index in [9.17, 15) is 4.79 Å². The highest BCUT2D eigenvalue weighted by Gasteiger charge is 2.14. The van der Waals surface area contributed by atoms with E-state index >= 15 is 0 Å². The largest absolute Gasteiger partial charge is 0.463 e. The normalized spacial score (nSPS) is 12.2. The van der Waals surface area contributed by atoms with Gasteiger partial charge >= 0.3 is 0 Å². The topological polar surface area (TPSA) is 58.9 Å². The SMILES string of the molecule is Cc1ccc(NC(=O)C[NH2+][C@@H](C)c2ccco2)c(C)c1. The van der Waals surface area contributed by atoms with Crippen molar-refractivity contribution < 1.29 is 14.5 Å². The van der Waals surface area contributed by atoms with E-state index in [1.165, 1.54) is 5.56 Å². The van der Waals surface area contributed by atoms with E-state index < -0.39 is 0 Å². The highest BCUT2D eigenvalue weighted by atomic mass is 16.3. The summed E-state index contributed by atoms with van der Waals surface area (Å²) in [5.74, 6) is 0.875. The number of hydrogen-bond acceptors (Lipinski definition) is 2. The van der Waals surface area contributed by atoms with Crippen LogP contribution >= 0.6 is 0 Å². The minimum atomic E-state index is -0.00430. The van der Waals surface area contributed by atoms with Crippen LogP contribution in [0.3, 0.4) is 0 Å². The van der Waals surface area contributed by atoms with Gasteiger partial charge in [-0.25, -0.2) is 0 Å². The van der Waals surface area contributed by atoms with Crippen molar-refractivity contribution in [2.24, 2.45) is 0 Å². The minimum Gasteiger partial charge on any atom is -0.463 e. The summed E-state index contributed by atoms with van der Waals surface area (Å²) in [7, 11) is 0. The van der Waals surface area contributed by atoms with Gasteiger partial charge in [0.25, 0.3) is 5.91 Å². The molecule has 106 valence electrons. The highest BCUT2D eigenvalue weighted by molar-refractivity contribution is 5.92. The van der Waals surface area contributed by atoms with Crippen LogP contribution in [0.1, 0.15) is 29.9 Å². The van der Waals surface area contributed by atoms with Crippen LogP contribution in [0, 0.1) is 13.8 Å². The van der Waals surface area contributed by atoms with Crippen molar-refractivity contribution in [2.75, 3.05) is 11.9 Å². The summed E-state index contributed by atoms with van der Waals surface area (Å²) < 4.78 is 5.32. The van der Waals surface area contributed by atoms with E-state index in [-0.39, 0.29) is 11.9 Å². The molecule has 0 saturated carbocycles. The maximum Gasteiger partial charge on any atom is 0.279 e. The van der Waals surface area contributed by atoms with Crippen LogP contribution in [0.15, 0.2) is 41.0 Å². The standard InChI is InChI=1S/C16H20N2O2/c1-11-6-7-14(12(2)9-11)18-16(19)10-17-13(3)15-5-4-8-20-15/h4-9,13,17H,10H2,1-3H3,(H,18,19)/p+1/t13-/m0/s1. The van der Waals surface area contributed by atoms with E-state index in [0.29, 0.717) is 6.54 Å². The average Bonchev–Trinajstić information content (AvgIpc) is 2.93. The minimum absolute atomic E-state index is 0.00430. The summed E-state index contributed by atoms with van der Waals surface area (Å²) in [5.41, 5.74) is 3.15. The van der Waals surface area contributed by atoms with Crippen LogP contribution < -0.4 is 10.6 Å². The maximum atomic E-state index is 12.0. The quantitative estimate of drug-likeness (QED) is 0.877. The molecule has 4 heteroatoms. The van der Waals surface area contributed by atoms with Gasteiger partial charge in [-0.2, -0.15) is 0 Å². The van der Waals surface area contributed by atoms with Crippen molar-refractivity contribution in [1.29, 1.82) is 0 Å². The number of nitrogens with one attached hydrogen (secondary N) is 1. The number of furan rings is 1. The van der Waals surface area contributed by atoms with Gasteiger partial charge in [-0.3, -0.25) is 4.79 Å². The zero-order valence-electron chi connectivity index (χ0n) is 12.1. The van der Waals surface area contributed by atoms with Crippen LogP contribution in [0.25, 0.3) is 0 Å². The Morgan fingerprint density at radius 2 is 2.15 bits per heavy atom. The van der Waals surface area contributed by atoms with Gasteiger partial charge < -0.3 is 15.1 Å². The summed E-state index contributed by atoms with van der Waals surface area (Å²) in [4.78, 5) is 12.0. The zero-order valence-corrected chi connectivity index (χ0v) is 12.1. The number of nitrogens with two attached hydrogens (primary N) is 1. The van der Waals surface area contributed by atoms with Gasteiger partial charge in [0, 0.05) is 5.69 Å². The molecule has 0 unspecified atom stereocenters. The third-order valence-electron chi connectivity index (χ3n) is 3.30. The lowest BCUT2D eigenvalue weighted by atomic mass is 10.1. The van der Waals surface area contributed by atoms with E-state index in [2.05, 4.69) is 11.4 Å². The Balaban J connectivity index is 1.86. The molecular weight excluding hydrogens is 252 g/mol. The molecule has 20 heavy (non-hydrogen) atoms. The Morgan fingerprint density at radius 1 is 1.35 bits per heavy atom. The monoisotopic (exact) mass is 273 g/mol. The lowest BCUT2D eigenvalue weighted by Gasteiger charge is -2.10. The van der Waals surface area contributed by atoms with Crippen LogP contribution in [-0.2, 0) is 4.79 Å². The van der Waals surface area contributed by atoms with E-state index in [0.717, 1.165) is 17.0 Å². The molecule has 1 aromatic heterocycles. The number of carbonyl (C=O) groups is 1. The van der Waals surface area contributed by atoms with Gasteiger partial charge in [0.1, 0.15) is 6.04 Å². The summed E-state index contributed by atoms with van der Waals surface area (Å²) in [6.07, 6.45) is 1.65. The second kappa shape index (κ2) is 6.39. The Labute approximate surface area is 119 Å². The Morgan fingerprint density at radius 3 is 2.80 bits per heavy atom. The van der Waals surface area contributed by atoms with Gasteiger partial charge in [-0.05, 0) is 44.5 Å². The van der Waals surface area contributed by atoms with Gasteiger partial charge in [0.05, 0.1) is 6.26 Å². The first-order valence-corrected chi connectivity index (χ1v) is 6.80. The first-order valence-electron chi connectivity index (χ1n) is 6.80. The summed E-state index contributed by atoms with van der Waals surface area (Å²) in [6, 6.07) is 9.91. The molecule has 0 aliphatic rings. The van der Waals surface area contributed by atoms with E-state index in [4.69, 9.17) is 4.42 Å². The van der Waals surface area contributed by atoms with Gasteiger partial charge in [0.15, 0.2) is 12.3 Å². The first kappa shape index (κ1) is 14.3. The molecule has 2 aromatic rings. The van der Waals surface area contributed by atoms with Crippen molar-refractivity contribution in [2.45, 2.75) is 26.8 Å². The van der Waals surface area contributed by atoms with Gasteiger partial charge in [0.2, 0.25) is 0 Å². The molecule has 0 aliphatic heterocycles. The Kier molecular flexibility index (Phi) is 4.58. The predicted octanol–water partition coefficient (Wildman–Crippen LogP) is 2.16. The molecular formula is C16H21N2O2+. The molecule has 4 nitrogen and oxygen atoms in total. The molecule has 0 bridgehead atoms. The molecule has 1 amide bonds. The lowest BCUT2D eigenvalue weighted by Crippen LogP contribution is -2.86. The van der Waals surface area contributed by atoms with Crippen molar-refractivity contribution in [3.63, 3.8) is 0 Å². The first-order chi connectivity index (χ1) is 9.56. The number of hydrogen-bond donors (Lipinski definition) is 2. The molecule has 2 rings (SSSR count). The van der Waals surface area contributed by atoms with Crippen molar-refractivity contribution in [3.8, 4) is 0 Å². The molecule has 0 fully saturated rings. The second-order valence-electron chi connectivity index (χ2n) is 5.11. The van der Waals surface area contributed by atoms with Crippen molar-refractivity contribution in [3.05, 3.63) is 53.5 Å². The van der Waals surface area contributed by atoms with Crippen LogP contribution in [0.5, 0.6) is 0 Å². The smallest absolute Gasteiger partial charge is 0.279 e. The molecule has 1 atom stereocenters. The summed E-state index contributed by atoms with van der Waals surface area (Å²) in [5, 5.41) is 4.89. The molecule has 0 aliphatic carbocycles. The number of quaternary nitrogens is 1. The molecule has 3 N–H and O–H groups in total. The van der Waals surface area contributed by atoms with Crippen molar-refractivity contribution in [1.82, 2.24) is 0 Å². The summed E-state index contributed by atoms with van der Waals surface area (Å²) >= 11 is 0. The number of benzene rings is 1. The third kappa shape index (κ3) is 3.71. The Hall–Kier alpha value is -2.07. The third-order valence-corrected chi connectivity index (χ3v) is 3.30. The maximum absolute atomic E-state index is 12.0. The van der Waals surface area contributed by atoms with Crippen LogP contribution in [0.4, 0.5) is 5.69 Å². The van der Waals surface area contributed by atoms with Gasteiger partial charge in [-0.15, -0.1) is 0 Å². The van der Waals surface area contributed by atoms with Crippen molar-refractivity contribution >= 4 is 11.6 Å². The zero-order chi connectivity index (χ0) is 14.5. The van der Waals surface area contributed by atoms with E-state index in [1.54, 1.807) is 6.26 Å². The fraction of sp³-hybridized carbons (Fsp3) is 0.312. The molecule has 0 saturated heterocycles. The second-order valence-corrected chi connectivity index (χ2v) is 5.11. The van der Waals surface area contributed by atoms with Crippen LogP contribution in [0.2, 0.25) is 0 Å². The number of rotatable bonds is 5. The van der Waals surface area contributed by atoms with E-state index in [1.807, 2.05) is 50.4 Å². The van der Waals surface area contributed by atoms with Crippen LogP contribution in [-0.4, -0.2) is 12.5 Å². The fourth-order valence-electron chi connectivity index (χ4n) is 2.11. The number of amides is 1. The predicted molar refractivity (Wildman–Crippen MR) is 78.5 cm³/mol. The lowest BCUT2D eigenvalue weighted by molar-refractivity contribution is -0.684. The average molecular weight is 273 g/mol. The highest BCUT2D eigenvalue weighted by Crippen LogP contribution is 2.15. The number of anilines is 1. The molecule has 0 radical (unpaired) electrons. The molecule has 1 aromatic carbocycles. The Bertz CT molecular complexity index is 576. The molecule has 1 heterocycles. The summed E-state index contributed by atoms with van der Waals surface area (Å²) in [6.45, 7) is 6.42. The fourth-order valence-corrected chi connectivity index (χ4v) is 2.11. The molecule has 0 spiro atoms. The number of aryl methyl sites for hydroxylation is 2.